The molecule has 0 saturated heterocycles. The Morgan fingerprint density at radius 1 is 1.17 bits per heavy atom. The molecule has 0 atom stereocenters. The third-order valence-electron chi connectivity index (χ3n) is 3.62. The van der Waals surface area contributed by atoms with E-state index in [4.69, 9.17) is 17.3 Å². The molecular formula is C19H18ClN3S. The topological polar surface area (TPSA) is 50.9 Å². The standard InChI is InChI=1S/C19H18ClN3S/c1-13(18-6-3-9-22-19(18)21)23-12-17-8-7-16(24-17)11-14-4-2-5-15(20)10-14/h2-10,23H,1,11-12H2,(H2,21,22). The first-order chi connectivity index (χ1) is 11.6. The maximum absolute atomic E-state index is 6.04. The first-order valence-corrected chi connectivity index (χ1v) is 8.77. The molecule has 1 aromatic carbocycles. The molecule has 5 heteroatoms. The van der Waals surface area contributed by atoms with Gasteiger partial charge in [-0.3, -0.25) is 0 Å². The molecule has 3 N–H and O–H groups in total. The van der Waals surface area contributed by atoms with Crippen LogP contribution in [0.4, 0.5) is 5.82 Å². The SMILES string of the molecule is C=C(NCc1ccc(Cc2cccc(Cl)c2)s1)c1cccnc1N. The van der Waals surface area contributed by atoms with Gasteiger partial charge in [-0.2, -0.15) is 0 Å². The number of nitrogens with zero attached hydrogens (tertiary/aromatic N) is 1. The molecule has 24 heavy (non-hydrogen) atoms. The number of hydrogen-bond acceptors (Lipinski definition) is 4. The van der Waals surface area contributed by atoms with E-state index in [0.29, 0.717) is 12.4 Å². The summed E-state index contributed by atoms with van der Waals surface area (Å²) < 4.78 is 0. The van der Waals surface area contributed by atoms with E-state index in [-0.39, 0.29) is 0 Å². The number of aromatic nitrogens is 1. The van der Waals surface area contributed by atoms with Gasteiger partial charge in [0.25, 0.3) is 0 Å². The molecule has 0 radical (unpaired) electrons. The van der Waals surface area contributed by atoms with Gasteiger partial charge in [-0.05, 0) is 42.0 Å². The highest BCUT2D eigenvalue weighted by molar-refractivity contribution is 7.12. The zero-order valence-corrected chi connectivity index (χ0v) is 14.7. The van der Waals surface area contributed by atoms with Crippen LogP contribution in [0.5, 0.6) is 0 Å². The molecule has 0 amide bonds. The molecule has 0 saturated carbocycles. The Morgan fingerprint density at radius 2 is 2.00 bits per heavy atom. The third-order valence-corrected chi connectivity index (χ3v) is 4.94. The average Bonchev–Trinajstić information content (AvgIpc) is 3.00. The maximum atomic E-state index is 6.04. The van der Waals surface area contributed by atoms with Crippen LogP contribution >= 0.6 is 22.9 Å². The molecule has 3 aromatic rings. The van der Waals surface area contributed by atoms with Crippen molar-refractivity contribution < 1.29 is 0 Å². The first kappa shape index (κ1) is 16.6. The Balaban J connectivity index is 1.60. The predicted molar refractivity (Wildman–Crippen MR) is 103 cm³/mol. The molecule has 2 aromatic heterocycles. The van der Waals surface area contributed by atoms with Gasteiger partial charge >= 0.3 is 0 Å². The monoisotopic (exact) mass is 355 g/mol. The number of thiophene rings is 1. The minimum absolute atomic E-state index is 0.489. The summed E-state index contributed by atoms with van der Waals surface area (Å²) in [6.45, 7) is 4.76. The fourth-order valence-corrected chi connectivity index (χ4v) is 3.63. The van der Waals surface area contributed by atoms with Crippen LogP contribution in [0.2, 0.25) is 5.02 Å². The van der Waals surface area contributed by atoms with Gasteiger partial charge < -0.3 is 11.1 Å². The van der Waals surface area contributed by atoms with Crippen molar-refractivity contribution in [3.05, 3.63) is 87.2 Å². The molecule has 0 spiro atoms. The number of benzene rings is 1. The Morgan fingerprint density at radius 3 is 2.79 bits per heavy atom. The second kappa shape index (κ2) is 7.51. The van der Waals surface area contributed by atoms with Gasteiger partial charge in [0.1, 0.15) is 5.82 Å². The van der Waals surface area contributed by atoms with E-state index in [9.17, 15) is 0 Å². The molecule has 2 heterocycles. The number of hydrogen-bond donors (Lipinski definition) is 2. The molecule has 0 aliphatic rings. The summed E-state index contributed by atoms with van der Waals surface area (Å²) >= 11 is 7.82. The Bertz CT molecular complexity index is 857. The number of nitrogens with one attached hydrogen (secondary N) is 1. The van der Waals surface area contributed by atoms with Crippen LogP contribution in [0.15, 0.2) is 61.3 Å². The molecule has 0 unspecified atom stereocenters. The summed E-state index contributed by atoms with van der Waals surface area (Å²) in [6.07, 6.45) is 2.56. The van der Waals surface area contributed by atoms with E-state index >= 15 is 0 Å². The summed E-state index contributed by atoms with van der Waals surface area (Å²) in [5.74, 6) is 0.489. The van der Waals surface area contributed by atoms with E-state index < -0.39 is 0 Å². The second-order valence-electron chi connectivity index (χ2n) is 5.44. The predicted octanol–water partition coefficient (Wildman–Crippen LogP) is 4.73. The summed E-state index contributed by atoms with van der Waals surface area (Å²) in [7, 11) is 0. The maximum Gasteiger partial charge on any atom is 0.132 e. The number of nitrogen functional groups attached to an aromatic ring is 1. The van der Waals surface area contributed by atoms with Gasteiger partial charge in [0, 0.05) is 45.2 Å². The fraction of sp³-hybridized carbons (Fsp3) is 0.105. The highest BCUT2D eigenvalue weighted by atomic mass is 35.5. The van der Waals surface area contributed by atoms with Crippen molar-refractivity contribution >= 4 is 34.5 Å². The Labute approximate surface area is 150 Å². The van der Waals surface area contributed by atoms with Crippen molar-refractivity contribution in [1.29, 1.82) is 0 Å². The minimum atomic E-state index is 0.489. The van der Waals surface area contributed by atoms with Crippen LogP contribution in [0.25, 0.3) is 5.70 Å². The molecule has 3 nitrogen and oxygen atoms in total. The largest absolute Gasteiger partial charge is 0.383 e. The van der Waals surface area contributed by atoms with Crippen molar-refractivity contribution in [2.24, 2.45) is 0 Å². The molecular weight excluding hydrogens is 338 g/mol. The van der Waals surface area contributed by atoms with Gasteiger partial charge in [-0.25, -0.2) is 4.98 Å². The number of anilines is 1. The lowest BCUT2D eigenvalue weighted by Crippen LogP contribution is -2.11. The van der Waals surface area contributed by atoms with Crippen molar-refractivity contribution in [1.82, 2.24) is 10.3 Å². The van der Waals surface area contributed by atoms with E-state index in [1.54, 1.807) is 17.5 Å². The van der Waals surface area contributed by atoms with Crippen LogP contribution in [-0.4, -0.2) is 4.98 Å². The van der Waals surface area contributed by atoms with E-state index in [0.717, 1.165) is 22.7 Å². The van der Waals surface area contributed by atoms with Crippen molar-refractivity contribution in [2.45, 2.75) is 13.0 Å². The van der Waals surface area contributed by atoms with Gasteiger partial charge in [0.05, 0.1) is 0 Å². The number of pyridine rings is 1. The summed E-state index contributed by atoms with van der Waals surface area (Å²) in [6, 6.07) is 16.0. The number of rotatable bonds is 6. The third kappa shape index (κ3) is 4.16. The summed E-state index contributed by atoms with van der Waals surface area (Å²) in [5, 5.41) is 4.09. The second-order valence-corrected chi connectivity index (χ2v) is 7.13. The summed E-state index contributed by atoms with van der Waals surface area (Å²) in [5.41, 5.74) is 8.72. The van der Waals surface area contributed by atoms with Crippen molar-refractivity contribution in [3.8, 4) is 0 Å². The number of nitrogens with two attached hydrogens (primary N) is 1. The van der Waals surface area contributed by atoms with E-state index in [1.807, 2.05) is 30.3 Å². The lowest BCUT2D eigenvalue weighted by Gasteiger charge is -2.10. The average molecular weight is 356 g/mol. The van der Waals surface area contributed by atoms with Crippen LogP contribution < -0.4 is 11.1 Å². The number of halogens is 1. The quantitative estimate of drug-likeness (QED) is 0.672. The molecule has 0 aliphatic carbocycles. The van der Waals surface area contributed by atoms with Crippen LogP contribution in [0.3, 0.4) is 0 Å². The van der Waals surface area contributed by atoms with Crippen LogP contribution in [0.1, 0.15) is 20.9 Å². The van der Waals surface area contributed by atoms with E-state index in [2.05, 4.69) is 35.1 Å². The first-order valence-electron chi connectivity index (χ1n) is 7.57. The summed E-state index contributed by atoms with van der Waals surface area (Å²) in [4.78, 5) is 6.63. The highest BCUT2D eigenvalue weighted by Crippen LogP contribution is 2.22. The van der Waals surface area contributed by atoms with Crippen molar-refractivity contribution in [2.75, 3.05) is 5.73 Å². The fourth-order valence-electron chi connectivity index (χ4n) is 2.42. The van der Waals surface area contributed by atoms with Crippen LogP contribution in [-0.2, 0) is 13.0 Å². The molecule has 122 valence electrons. The van der Waals surface area contributed by atoms with Gasteiger partial charge in [-0.15, -0.1) is 11.3 Å². The normalized spacial score (nSPS) is 10.5. The Kier molecular flexibility index (Phi) is 5.18. The molecule has 0 bridgehead atoms. The van der Waals surface area contributed by atoms with Gasteiger partial charge in [0.15, 0.2) is 0 Å². The molecule has 3 rings (SSSR count). The zero-order chi connectivity index (χ0) is 16.9. The lowest BCUT2D eigenvalue weighted by molar-refractivity contribution is 0.909. The van der Waals surface area contributed by atoms with Crippen LogP contribution in [0, 0.1) is 0 Å². The van der Waals surface area contributed by atoms with E-state index in [1.165, 1.54) is 15.3 Å². The Hall–Kier alpha value is -2.30. The van der Waals surface area contributed by atoms with Gasteiger partial charge in [-0.1, -0.05) is 30.3 Å². The molecule has 0 fully saturated rings. The van der Waals surface area contributed by atoms with Gasteiger partial charge in [0.2, 0.25) is 0 Å². The zero-order valence-electron chi connectivity index (χ0n) is 13.1. The van der Waals surface area contributed by atoms with Crippen molar-refractivity contribution in [3.63, 3.8) is 0 Å². The minimum Gasteiger partial charge on any atom is -0.383 e. The highest BCUT2D eigenvalue weighted by Gasteiger charge is 2.06. The molecule has 0 aliphatic heterocycles. The lowest BCUT2D eigenvalue weighted by atomic mass is 10.1. The smallest absolute Gasteiger partial charge is 0.132 e.